The van der Waals surface area contributed by atoms with E-state index < -0.39 is 5.97 Å². The van der Waals surface area contributed by atoms with E-state index in [0.29, 0.717) is 126 Å². The predicted molar refractivity (Wildman–Crippen MR) is 145 cm³/mol. The van der Waals surface area contributed by atoms with Crippen LogP contribution in [0.2, 0.25) is 0 Å². The number of rotatable bonds is 31. The van der Waals surface area contributed by atoms with Gasteiger partial charge in [-0.25, -0.2) is 4.79 Å². The van der Waals surface area contributed by atoms with Gasteiger partial charge < -0.3 is 52.1 Å². The van der Waals surface area contributed by atoms with Crippen LogP contribution in [0.25, 0.3) is 0 Å². The zero-order chi connectivity index (χ0) is 28.6. The minimum Gasteiger partial charge on any atom is -0.467 e. The summed E-state index contributed by atoms with van der Waals surface area (Å²) in [4.78, 5) is 10.8. The molecular formula is C28H48O12. The molecule has 12 nitrogen and oxygen atoms in total. The third kappa shape index (κ3) is 26.5. The first-order valence-electron chi connectivity index (χ1n) is 13.7. The molecule has 1 aromatic carbocycles. The van der Waals surface area contributed by atoms with E-state index in [1.807, 2.05) is 30.3 Å². The number of methoxy groups -OCH3 is 1. The van der Waals surface area contributed by atoms with Gasteiger partial charge in [0.2, 0.25) is 0 Å². The number of carbonyl (C=O) groups is 1. The van der Waals surface area contributed by atoms with Gasteiger partial charge in [-0.3, -0.25) is 0 Å². The smallest absolute Gasteiger partial charge is 0.331 e. The van der Waals surface area contributed by atoms with Gasteiger partial charge in [-0.15, -0.1) is 0 Å². The lowest BCUT2D eigenvalue weighted by molar-refractivity contribution is -0.146. The third-order valence-electron chi connectivity index (χ3n) is 4.91. The first-order valence-corrected chi connectivity index (χ1v) is 13.7. The van der Waals surface area contributed by atoms with Crippen molar-refractivity contribution in [3.05, 3.63) is 35.9 Å². The molecule has 0 aromatic heterocycles. The summed E-state index contributed by atoms with van der Waals surface area (Å²) in [7, 11) is 1.32. The summed E-state index contributed by atoms with van der Waals surface area (Å²) in [6.45, 7) is 9.35. The fourth-order valence-electron chi connectivity index (χ4n) is 2.86. The standard InChI is InChI=1S/C28H48O12/c1-30-28(29)26-40-24-22-38-20-18-36-16-14-34-12-10-32-8-7-31-9-11-33-13-15-35-17-19-37-21-23-39-25-27-5-3-2-4-6-27/h2-6H,7-26H2,1H3. The molecule has 0 bridgehead atoms. The van der Waals surface area contributed by atoms with E-state index in [4.69, 9.17) is 47.4 Å². The van der Waals surface area contributed by atoms with Crippen molar-refractivity contribution in [2.75, 3.05) is 133 Å². The van der Waals surface area contributed by atoms with Crippen LogP contribution in [0, 0.1) is 0 Å². The van der Waals surface area contributed by atoms with Crippen LogP contribution in [-0.4, -0.2) is 139 Å². The van der Waals surface area contributed by atoms with E-state index in [9.17, 15) is 4.79 Å². The van der Waals surface area contributed by atoms with Gasteiger partial charge in [0.25, 0.3) is 0 Å². The summed E-state index contributed by atoms with van der Waals surface area (Å²) >= 11 is 0. The normalized spacial score (nSPS) is 11.2. The number of hydrogen-bond donors (Lipinski definition) is 0. The Bertz CT molecular complexity index is 649. The molecule has 0 amide bonds. The van der Waals surface area contributed by atoms with Crippen molar-refractivity contribution < 1.29 is 56.9 Å². The monoisotopic (exact) mass is 576 g/mol. The van der Waals surface area contributed by atoms with Crippen molar-refractivity contribution in [3.63, 3.8) is 0 Å². The Kier molecular flexibility index (Phi) is 27.5. The lowest BCUT2D eigenvalue weighted by Gasteiger charge is -2.09. The number of ether oxygens (including phenoxy) is 11. The first kappa shape index (κ1) is 36.3. The Morgan fingerprint density at radius 3 is 1.07 bits per heavy atom. The topological polar surface area (TPSA) is 119 Å². The van der Waals surface area contributed by atoms with Crippen molar-refractivity contribution in [3.8, 4) is 0 Å². The van der Waals surface area contributed by atoms with Crippen molar-refractivity contribution in [1.29, 1.82) is 0 Å². The van der Waals surface area contributed by atoms with Gasteiger partial charge in [0.15, 0.2) is 0 Å². The highest BCUT2D eigenvalue weighted by Crippen LogP contribution is 2.00. The number of hydrogen-bond acceptors (Lipinski definition) is 12. The molecule has 0 N–H and O–H groups in total. The maximum atomic E-state index is 10.8. The van der Waals surface area contributed by atoms with E-state index in [1.54, 1.807) is 0 Å². The first-order chi connectivity index (χ1) is 19.8. The van der Waals surface area contributed by atoms with Gasteiger partial charge in [-0.05, 0) is 5.56 Å². The summed E-state index contributed by atoms with van der Waals surface area (Å²) in [5.41, 5.74) is 1.16. The van der Waals surface area contributed by atoms with Crippen LogP contribution in [0.3, 0.4) is 0 Å². The minimum atomic E-state index is -0.406. The summed E-state index contributed by atoms with van der Waals surface area (Å²) in [6.07, 6.45) is 0. The van der Waals surface area contributed by atoms with Gasteiger partial charge in [0.1, 0.15) is 6.61 Å². The molecule has 1 aromatic rings. The predicted octanol–water partition coefficient (Wildman–Crippen LogP) is 1.53. The molecule has 0 atom stereocenters. The molecule has 0 saturated heterocycles. The SMILES string of the molecule is COC(=O)COCCOCCOCCOCCOCCOCCOCCOCCOCCOCc1ccccc1. The van der Waals surface area contributed by atoms with E-state index in [1.165, 1.54) is 7.11 Å². The molecule has 0 radical (unpaired) electrons. The second-order valence-corrected chi connectivity index (χ2v) is 8.07. The fourth-order valence-corrected chi connectivity index (χ4v) is 2.86. The van der Waals surface area contributed by atoms with Gasteiger partial charge in [0, 0.05) is 0 Å². The second kappa shape index (κ2) is 30.3. The van der Waals surface area contributed by atoms with E-state index in [-0.39, 0.29) is 6.61 Å². The van der Waals surface area contributed by atoms with E-state index >= 15 is 0 Å². The van der Waals surface area contributed by atoms with Crippen molar-refractivity contribution >= 4 is 5.97 Å². The molecule has 0 aliphatic rings. The fraction of sp³-hybridized carbons (Fsp3) is 0.750. The van der Waals surface area contributed by atoms with E-state index in [2.05, 4.69) is 4.74 Å². The summed E-state index contributed by atoms with van der Waals surface area (Å²) in [6, 6.07) is 10.1. The molecule has 0 aliphatic heterocycles. The van der Waals surface area contributed by atoms with Crippen LogP contribution in [0.4, 0.5) is 0 Å². The molecule has 0 fully saturated rings. The van der Waals surface area contributed by atoms with Gasteiger partial charge in [0.05, 0.1) is 133 Å². The Balaban J connectivity index is 1.63. The largest absolute Gasteiger partial charge is 0.467 e. The van der Waals surface area contributed by atoms with Crippen LogP contribution < -0.4 is 0 Å². The minimum absolute atomic E-state index is 0.0678. The Morgan fingerprint density at radius 2 is 0.750 bits per heavy atom. The van der Waals surface area contributed by atoms with Crippen molar-refractivity contribution in [2.45, 2.75) is 6.61 Å². The molecule has 0 unspecified atom stereocenters. The van der Waals surface area contributed by atoms with Crippen LogP contribution in [-0.2, 0) is 63.5 Å². The third-order valence-corrected chi connectivity index (χ3v) is 4.91. The lowest BCUT2D eigenvalue weighted by atomic mass is 10.2. The van der Waals surface area contributed by atoms with Crippen LogP contribution in [0.5, 0.6) is 0 Å². The highest BCUT2D eigenvalue weighted by atomic mass is 16.6. The van der Waals surface area contributed by atoms with Crippen LogP contribution >= 0.6 is 0 Å². The Morgan fingerprint density at radius 1 is 0.450 bits per heavy atom. The highest BCUT2D eigenvalue weighted by molar-refractivity contribution is 5.70. The molecule has 1 rings (SSSR count). The molecule has 0 spiro atoms. The van der Waals surface area contributed by atoms with Crippen molar-refractivity contribution in [1.82, 2.24) is 0 Å². The maximum Gasteiger partial charge on any atom is 0.331 e. The van der Waals surface area contributed by atoms with Crippen LogP contribution in [0.1, 0.15) is 5.56 Å². The summed E-state index contributed by atoms with van der Waals surface area (Å²) in [5.74, 6) is -0.406. The zero-order valence-electron chi connectivity index (χ0n) is 23.9. The summed E-state index contributed by atoms with van der Waals surface area (Å²) in [5, 5.41) is 0. The number of esters is 1. The summed E-state index contributed by atoms with van der Waals surface area (Å²) < 4.78 is 58.5. The molecule has 12 heteroatoms. The average molecular weight is 577 g/mol. The molecular weight excluding hydrogens is 528 g/mol. The number of benzene rings is 1. The van der Waals surface area contributed by atoms with Crippen LogP contribution in [0.15, 0.2) is 30.3 Å². The quantitative estimate of drug-likeness (QED) is 0.0942. The van der Waals surface area contributed by atoms with E-state index in [0.717, 1.165) is 5.56 Å². The maximum absolute atomic E-state index is 10.8. The average Bonchev–Trinajstić information content (AvgIpc) is 2.98. The molecule has 232 valence electrons. The molecule has 40 heavy (non-hydrogen) atoms. The van der Waals surface area contributed by atoms with Gasteiger partial charge in [-0.2, -0.15) is 0 Å². The Labute approximate surface area is 238 Å². The molecule has 0 heterocycles. The van der Waals surface area contributed by atoms with Crippen molar-refractivity contribution in [2.24, 2.45) is 0 Å². The van der Waals surface area contributed by atoms with Gasteiger partial charge in [-0.1, -0.05) is 30.3 Å². The second-order valence-electron chi connectivity index (χ2n) is 8.07. The zero-order valence-corrected chi connectivity index (χ0v) is 23.9. The Hall–Kier alpha value is -1.71. The highest BCUT2D eigenvalue weighted by Gasteiger charge is 1.99. The van der Waals surface area contributed by atoms with Gasteiger partial charge >= 0.3 is 5.97 Å². The number of carbonyl (C=O) groups excluding carboxylic acids is 1. The molecule has 0 aliphatic carbocycles. The lowest BCUT2D eigenvalue weighted by Crippen LogP contribution is -2.16. The molecule has 0 saturated carbocycles.